The lowest BCUT2D eigenvalue weighted by Gasteiger charge is -2.39. The molecule has 0 amide bonds. The van der Waals surface area contributed by atoms with E-state index in [-0.39, 0.29) is 18.5 Å². The van der Waals surface area contributed by atoms with E-state index in [4.69, 9.17) is 14.5 Å². The van der Waals surface area contributed by atoms with Crippen molar-refractivity contribution in [2.24, 2.45) is 4.99 Å². The van der Waals surface area contributed by atoms with Crippen LogP contribution < -0.4 is 5.32 Å². The highest BCUT2D eigenvalue weighted by molar-refractivity contribution is 7.11. The number of halogens is 1. The van der Waals surface area contributed by atoms with Crippen LogP contribution >= 0.6 is 11.3 Å². The molecule has 32 heavy (non-hydrogen) atoms. The van der Waals surface area contributed by atoms with E-state index in [0.717, 1.165) is 0 Å². The van der Waals surface area contributed by atoms with E-state index in [2.05, 4.69) is 15.2 Å². The van der Waals surface area contributed by atoms with Crippen LogP contribution in [0.15, 0.2) is 52.1 Å². The molecule has 8 nitrogen and oxygen atoms in total. The summed E-state index contributed by atoms with van der Waals surface area (Å²) in [4.78, 5) is 24.3. The van der Waals surface area contributed by atoms with Crippen molar-refractivity contribution in [3.05, 3.63) is 63.5 Å². The maximum absolute atomic E-state index is 13.7. The minimum absolute atomic E-state index is 0.0660. The Morgan fingerprint density at radius 3 is 2.88 bits per heavy atom. The zero-order chi connectivity index (χ0) is 22.7. The molecule has 0 aliphatic carbocycles. The molecule has 1 fully saturated rings. The number of hydrogen-bond donors (Lipinski definition) is 2. The summed E-state index contributed by atoms with van der Waals surface area (Å²) in [6.45, 7) is 3.62. The fourth-order valence-electron chi connectivity index (χ4n) is 4.04. The van der Waals surface area contributed by atoms with Crippen molar-refractivity contribution >= 4 is 23.1 Å². The van der Waals surface area contributed by atoms with Gasteiger partial charge in [0.2, 0.25) is 0 Å². The van der Waals surface area contributed by atoms with Crippen molar-refractivity contribution < 1.29 is 23.8 Å². The van der Waals surface area contributed by atoms with Crippen LogP contribution in [0.3, 0.4) is 0 Å². The number of rotatable bonds is 6. The Balaban J connectivity index is 1.85. The quantitative estimate of drug-likeness (QED) is 0.633. The largest absolute Gasteiger partial charge is 0.466 e. The molecule has 2 aliphatic heterocycles. The smallest absolute Gasteiger partial charge is 0.338 e. The standard InChI is InChI=1S/C22H25FN4O4S/c1-22(14-3-5-15(23)6-4-14)18(21(29)30-2)17(11-27-8-9-31-13-16(27)12-28)25-19(26-22)20-24-7-10-32-20/h3-7,10,16,28H,8-9,11-13H2,1-2H3,(H,25,26). The van der Waals surface area contributed by atoms with Gasteiger partial charge in [-0.15, -0.1) is 11.3 Å². The number of thiazole rings is 1. The Hall–Kier alpha value is -2.66. The van der Waals surface area contributed by atoms with Gasteiger partial charge in [0, 0.05) is 30.4 Å². The highest BCUT2D eigenvalue weighted by Gasteiger charge is 2.43. The fraction of sp³-hybridized carbons (Fsp3) is 0.409. The maximum atomic E-state index is 13.7. The molecule has 0 saturated carbocycles. The summed E-state index contributed by atoms with van der Waals surface area (Å²) in [6.07, 6.45) is 1.68. The number of benzene rings is 1. The second kappa shape index (κ2) is 9.45. The first kappa shape index (κ1) is 22.5. The van der Waals surface area contributed by atoms with Crippen molar-refractivity contribution in [1.29, 1.82) is 0 Å². The Labute approximate surface area is 189 Å². The number of aliphatic hydroxyl groups is 1. The van der Waals surface area contributed by atoms with Crippen molar-refractivity contribution in [2.45, 2.75) is 18.5 Å². The van der Waals surface area contributed by atoms with Gasteiger partial charge in [-0.3, -0.25) is 4.90 Å². The van der Waals surface area contributed by atoms with Gasteiger partial charge in [0.05, 0.1) is 38.5 Å². The second-order valence-electron chi connectivity index (χ2n) is 7.73. The van der Waals surface area contributed by atoms with E-state index in [0.29, 0.717) is 54.0 Å². The van der Waals surface area contributed by atoms with Gasteiger partial charge in [-0.25, -0.2) is 19.2 Å². The number of hydrogen-bond acceptors (Lipinski definition) is 9. The number of morpholine rings is 1. The monoisotopic (exact) mass is 460 g/mol. The molecule has 0 radical (unpaired) electrons. The van der Waals surface area contributed by atoms with Crippen LogP contribution in [0.25, 0.3) is 0 Å². The molecule has 4 rings (SSSR count). The predicted molar refractivity (Wildman–Crippen MR) is 118 cm³/mol. The third kappa shape index (κ3) is 4.31. The lowest BCUT2D eigenvalue weighted by atomic mass is 9.82. The van der Waals surface area contributed by atoms with Crippen LogP contribution in [0.5, 0.6) is 0 Å². The molecule has 0 bridgehead atoms. The number of ether oxygens (including phenoxy) is 2. The Morgan fingerprint density at radius 1 is 1.44 bits per heavy atom. The summed E-state index contributed by atoms with van der Waals surface area (Å²) in [5, 5.41) is 15.6. The number of amidine groups is 1. The van der Waals surface area contributed by atoms with Crippen LogP contribution in [0.2, 0.25) is 0 Å². The Morgan fingerprint density at radius 2 is 2.22 bits per heavy atom. The topological polar surface area (TPSA) is 96.3 Å². The summed E-state index contributed by atoms with van der Waals surface area (Å²) < 4.78 is 24.3. The highest BCUT2D eigenvalue weighted by atomic mass is 32.1. The molecule has 2 atom stereocenters. The summed E-state index contributed by atoms with van der Waals surface area (Å²) in [5.41, 5.74) is 0.441. The van der Waals surface area contributed by atoms with E-state index in [9.17, 15) is 14.3 Å². The number of aliphatic imine (C=N–C) groups is 1. The lowest BCUT2D eigenvalue weighted by Crippen LogP contribution is -2.51. The molecule has 2 aromatic rings. The van der Waals surface area contributed by atoms with Gasteiger partial charge >= 0.3 is 5.97 Å². The van der Waals surface area contributed by atoms with Crippen LogP contribution in [-0.4, -0.2) is 72.9 Å². The van der Waals surface area contributed by atoms with Gasteiger partial charge in [-0.1, -0.05) is 12.1 Å². The molecule has 0 spiro atoms. The number of carbonyl (C=O) groups is 1. The van der Waals surface area contributed by atoms with Gasteiger partial charge in [0.25, 0.3) is 0 Å². The third-order valence-electron chi connectivity index (χ3n) is 5.75. The van der Waals surface area contributed by atoms with Gasteiger partial charge < -0.3 is 19.9 Å². The zero-order valence-corrected chi connectivity index (χ0v) is 18.7. The minimum atomic E-state index is -1.14. The van der Waals surface area contributed by atoms with Crippen molar-refractivity contribution in [1.82, 2.24) is 15.2 Å². The number of aromatic nitrogens is 1. The van der Waals surface area contributed by atoms with Crippen LogP contribution in [-0.2, 0) is 19.8 Å². The minimum Gasteiger partial charge on any atom is -0.466 e. The summed E-state index contributed by atoms with van der Waals surface area (Å²) in [6, 6.07) is 5.74. The SMILES string of the molecule is COC(=O)C1=C(CN2CCOCC2CO)NC(c2nccs2)=NC1(C)c1ccc(F)cc1. The van der Waals surface area contributed by atoms with Crippen molar-refractivity contribution in [3.63, 3.8) is 0 Å². The summed E-state index contributed by atoms with van der Waals surface area (Å²) in [7, 11) is 1.32. The molecule has 2 unspecified atom stereocenters. The number of nitrogens with zero attached hydrogens (tertiary/aromatic N) is 3. The summed E-state index contributed by atoms with van der Waals surface area (Å²) in [5.74, 6) is -0.392. The molecule has 2 N–H and O–H groups in total. The van der Waals surface area contributed by atoms with Gasteiger partial charge in [0.1, 0.15) is 11.4 Å². The average molecular weight is 461 g/mol. The third-order valence-corrected chi connectivity index (χ3v) is 6.53. The molecule has 170 valence electrons. The van der Waals surface area contributed by atoms with E-state index >= 15 is 0 Å². The average Bonchev–Trinajstić information content (AvgIpc) is 3.34. The zero-order valence-electron chi connectivity index (χ0n) is 17.9. The molecule has 1 saturated heterocycles. The van der Waals surface area contributed by atoms with Crippen molar-refractivity contribution in [2.75, 3.05) is 40.0 Å². The predicted octanol–water partition coefficient (Wildman–Crippen LogP) is 1.67. The normalized spacial score (nSPS) is 24.1. The lowest BCUT2D eigenvalue weighted by molar-refractivity contribution is -0.137. The van der Waals surface area contributed by atoms with Crippen LogP contribution in [0.1, 0.15) is 17.5 Å². The summed E-state index contributed by atoms with van der Waals surface area (Å²) >= 11 is 1.42. The number of aliphatic hydroxyl groups excluding tert-OH is 1. The van der Waals surface area contributed by atoms with Crippen LogP contribution in [0.4, 0.5) is 4.39 Å². The van der Waals surface area contributed by atoms with E-state index in [1.54, 1.807) is 18.3 Å². The first-order chi connectivity index (χ1) is 15.5. The number of nitrogens with one attached hydrogen (secondary N) is 1. The van der Waals surface area contributed by atoms with E-state index in [1.165, 1.54) is 30.6 Å². The van der Waals surface area contributed by atoms with Gasteiger partial charge in [0.15, 0.2) is 10.8 Å². The number of esters is 1. The first-order valence-corrected chi connectivity index (χ1v) is 11.1. The van der Waals surface area contributed by atoms with E-state index < -0.39 is 11.5 Å². The second-order valence-corrected chi connectivity index (χ2v) is 8.62. The first-order valence-electron chi connectivity index (χ1n) is 10.2. The highest BCUT2D eigenvalue weighted by Crippen LogP contribution is 2.39. The number of methoxy groups -OCH3 is 1. The van der Waals surface area contributed by atoms with Crippen molar-refractivity contribution in [3.8, 4) is 0 Å². The molecular formula is C22H25FN4O4S. The molecule has 2 aliphatic rings. The number of carbonyl (C=O) groups excluding carboxylic acids is 1. The Bertz CT molecular complexity index is 1030. The fourth-order valence-corrected chi connectivity index (χ4v) is 4.62. The van der Waals surface area contributed by atoms with Crippen LogP contribution in [0, 0.1) is 5.82 Å². The molecular weight excluding hydrogens is 435 g/mol. The molecule has 1 aromatic carbocycles. The van der Waals surface area contributed by atoms with E-state index in [1.807, 2.05) is 12.3 Å². The Kier molecular flexibility index (Phi) is 6.66. The van der Waals surface area contributed by atoms with Gasteiger partial charge in [-0.2, -0.15) is 0 Å². The molecule has 1 aromatic heterocycles. The maximum Gasteiger partial charge on any atom is 0.338 e. The van der Waals surface area contributed by atoms with Gasteiger partial charge in [-0.05, 0) is 24.6 Å². The molecule has 10 heteroatoms. The molecule has 3 heterocycles.